The smallest absolute Gasteiger partial charge is 0.462 e. The molecule has 66 heavy (non-hydrogen) atoms. The molecule has 0 fully saturated rings. The first-order valence-electron chi connectivity index (χ1n) is 25.8. The van der Waals surface area contributed by atoms with Crippen molar-refractivity contribution < 1.29 is 52.2 Å². The van der Waals surface area contributed by atoms with Crippen LogP contribution in [-0.2, 0) is 42.2 Å². The lowest BCUT2D eigenvalue weighted by molar-refractivity contribution is -0.161. The van der Waals surface area contributed by atoms with Crippen molar-refractivity contribution >= 4 is 25.7 Å². The molecule has 12 heteroatoms. The summed E-state index contributed by atoms with van der Waals surface area (Å²) >= 11 is 0. The van der Waals surface area contributed by atoms with E-state index in [0.29, 0.717) is 19.3 Å². The number of hydrogen-bond acceptors (Lipinski definition) is 10. The SMILES string of the molecule is CC/C=C\C/C=C\C/C=C\CCCCCC(=O)OC(CO)COP(=O)(O)OCC(COC(=O)CCCCCCC/C=C\CCCC)OC(=O)CCCCCCC/C=C\C/C=C\CCCCC. The van der Waals surface area contributed by atoms with E-state index < -0.39 is 57.8 Å². The Morgan fingerprint density at radius 3 is 1.29 bits per heavy atom. The van der Waals surface area contributed by atoms with Crippen molar-refractivity contribution in [2.24, 2.45) is 0 Å². The summed E-state index contributed by atoms with van der Waals surface area (Å²) < 4.78 is 39.3. The first kappa shape index (κ1) is 62.9. The fraction of sp³-hybridized carbons (Fsp3) is 0.722. The molecule has 11 nitrogen and oxygen atoms in total. The monoisotopic (exact) mass is 949 g/mol. The number of aliphatic hydroxyl groups excluding tert-OH is 1. The Kier molecular flexibility index (Phi) is 46.1. The fourth-order valence-electron chi connectivity index (χ4n) is 6.61. The molecule has 0 bridgehead atoms. The second-order valence-corrected chi connectivity index (χ2v) is 18.4. The predicted octanol–water partition coefficient (Wildman–Crippen LogP) is 14.6. The molecule has 0 rings (SSSR count). The largest absolute Gasteiger partial charge is 0.472 e. The highest BCUT2D eigenvalue weighted by Crippen LogP contribution is 2.43. The van der Waals surface area contributed by atoms with E-state index in [2.05, 4.69) is 93.7 Å². The number of hydrogen-bond donors (Lipinski definition) is 2. The summed E-state index contributed by atoms with van der Waals surface area (Å²) in [6.07, 6.45) is 51.6. The standard InChI is InChI=1S/C54H93O11P/c1-4-7-10-13-16-19-22-24-25-27-30-33-36-39-42-45-54(58)65-51(47-61-52(56)43-40-37-34-31-28-21-18-15-12-9-6-3)49-63-66(59,60)62-48-50(46-55)64-53(57)44-41-38-35-32-29-26-23-20-17-14-11-8-5-2/h8,11,15-20,24-26,29,50-51,55H,4-7,9-10,12-14,21-23,27-28,30-49H2,1-3H3,(H,59,60)/b11-8-,18-15-,19-16-,20-17-,25-24-,29-26-. The van der Waals surface area contributed by atoms with Gasteiger partial charge in [0.15, 0.2) is 6.10 Å². The number of esters is 3. The molecule has 0 aliphatic rings. The summed E-state index contributed by atoms with van der Waals surface area (Å²) in [7, 11) is -4.75. The van der Waals surface area contributed by atoms with Gasteiger partial charge in [0.2, 0.25) is 0 Å². The van der Waals surface area contributed by atoms with Gasteiger partial charge in [0.25, 0.3) is 0 Å². The van der Waals surface area contributed by atoms with Gasteiger partial charge in [0.05, 0.1) is 19.8 Å². The topological polar surface area (TPSA) is 155 Å². The van der Waals surface area contributed by atoms with Crippen LogP contribution in [0.5, 0.6) is 0 Å². The van der Waals surface area contributed by atoms with Gasteiger partial charge >= 0.3 is 25.7 Å². The van der Waals surface area contributed by atoms with E-state index in [-0.39, 0.29) is 25.9 Å². The lowest BCUT2D eigenvalue weighted by atomic mass is 10.1. The predicted molar refractivity (Wildman–Crippen MR) is 270 cm³/mol. The third-order valence-electron chi connectivity index (χ3n) is 10.6. The highest BCUT2D eigenvalue weighted by atomic mass is 31.2. The van der Waals surface area contributed by atoms with Crippen LogP contribution in [0.25, 0.3) is 0 Å². The maximum Gasteiger partial charge on any atom is 0.472 e. The first-order valence-corrected chi connectivity index (χ1v) is 27.3. The number of allylic oxidation sites excluding steroid dienone is 12. The van der Waals surface area contributed by atoms with Crippen molar-refractivity contribution in [3.63, 3.8) is 0 Å². The third-order valence-corrected chi connectivity index (χ3v) is 11.5. The molecule has 0 heterocycles. The zero-order valence-electron chi connectivity index (χ0n) is 41.6. The summed E-state index contributed by atoms with van der Waals surface area (Å²) in [6, 6.07) is 0. The molecule has 0 aromatic carbocycles. The molecule has 0 saturated heterocycles. The summed E-state index contributed by atoms with van der Waals surface area (Å²) in [5, 5.41) is 9.76. The molecule has 2 N–H and O–H groups in total. The Balaban J connectivity index is 4.79. The summed E-state index contributed by atoms with van der Waals surface area (Å²) in [6.45, 7) is 4.38. The van der Waals surface area contributed by atoms with E-state index in [1.165, 1.54) is 32.1 Å². The molecule has 0 amide bonds. The normalized spacial score (nSPS) is 14.1. The van der Waals surface area contributed by atoms with Crippen molar-refractivity contribution in [2.75, 3.05) is 26.4 Å². The quantitative estimate of drug-likeness (QED) is 0.0197. The van der Waals surface area contributed by atoms with E-state index in [1.807, 2.05) is 0 Å². The highest BCUT2D eigenvalue weighted by molar-refractivity contribution is 7.47. The van der Waals surface area contributed by atoms with Crippen molar-refractivity contribution in [2.45, 2.75) is 226 Å². The average molecular weight is 949 g/mol. The fourth-order valence-corrected chi connectivity index (χ4v) is 7.40. The van der Waals surface area contributed by atoms with Crippen molar-refractivity contribution in [1.82, 2.24) is 0 Å². The molecule has 0 radical (unpaired) electrons. The molecular weight excluding hydrogens is 856 g/mol. The Hall–Kier alpha value is -3.08. The Bertz CT molecular complexity index is 1390. The lowest BCUT2D eigenvalue weighted by Crippen LogP contribution is -2.30. The lowest BCUT2D eigenvalue weighted by Gasteiger charge is -2.21. The number of phosphoric ester groups is 1. The van der Waals surface area contributed by atoms with Crippen LogP contribution in [0.4, 0.5) is 0 Å². The van der Waals surface area contributed by atoms with Crippen molar-refractivity contribution in [3.05, 3.63) is 72.9 Å². The van der Waals surface area contributed by atoms with Crippen LogP contribution in [0.2, 0.25) is 0 Å². The number of unbranched alkanes of at least 4 members (excludes halogenated alkanes) is 18. The average Bonchev–Trinajstić information content (AvgIpc) is 3.30. The van der Waals surface area contributed by atoms with Gasteiger partial charge < -0.3 is 24.2 Å². The first-order chi connectivity index (χ1) is 32.2. The number of carbonyl (C=O) groups excluding carboxylic acids is 3. The number of phosphoric acid groups is 1. The summed E-state index contributed by atoms with van der Waals surface area (Å²) in [5.74, 6) is -1.53. The minimum atomic E-state index is -4.75. The Morgan fingerprint density at radius 1 is 0.439 bits per heavy atom. The van der Waals surface area contributed by atoms with Gasteiger partial charge in [-0.05, 0) is 103 Å². The van der Waals surface area contributed by atoms with Crippen LogP contribution in [0.15, 0.2) is 72.9 Å². The molecular formula is C54H93O11P. The zero-order valence-corrected chi connectivity index (χ0v) is 42.5. The second kappa shape index (κ2) is 48.4. The molecule has 0 aliphatic heterocycles. The summed E-state index contributed by atoms with van der Waals surface area (Å²) in [4.78, 5) is 48.2. The van der Waals surface area contributed by atoms with Crippen molar-refractivity contribution in [3.8, 4) is 0 Å². The van der Waals surface area contributed by atoms with E-state index in [4.69, 9.17) is 23.3 Å². The number of aliphatic hydroxyl groups is 1. The van der Waals surface area contributed by atoms with E-state index in [9.17, 15) is 28.9 Å². The Labute approximate surface area is 401 Å². The number of carbonyl (C=O) groups is 3. The second-order valence-electron chi connectivity index (χ2n) is 16.9. The minimum Gasteiger partial charge on any atom is -0.462 e. The minimum absolute atomic E-state index is 0.138. The van der Waals surface area contributed by atoms with E-state index >= 15 is 0 Å². The zero-order chi connectivity index (χ0) is 48.4. The van der Waals surface area contributed by atoms with Gasteiger partial charge in [-0.1, -0.05) is 164 Å². The Morgan fingerprint density at radius 2 is 0.803 bits per heavy atom. The van der Waals surface area contributed by atoms with Crippen LogP contribution >= 0.6 is 7.82 Å². The summed E-state index contributed by atoms with van der Waals surface area (Å²) in [5.41, 5.74) is 0. The van der Waals surface area contributed by atoms with Crippen LogP contribution in [-0.4, -0.2) is 66.5 Å². The molecule has 3 unspecified atom stereocenters. The van der Waals surface area contributed by atoms with Crippen LogP contribution < -0.4 is 0 Å². The molecule has 0 spiro atoms. The highest BCUT2D eigenvalue weighted by Gasteiger charge is 2.28. The van der Waals surface area contributed by atoms with Gasteiger partial charge in [-0.3, -0.25) is 23.4 Å². The van der Waals surface area contributed by atoms with E-state index in [0.717, 1.165) is 122 Å². The maximum absolute atomic E-state index is 12.8. The van der Waals surface area contributed by atoms with Gasteiger partial charge in [0, 0.05) is 19.3 Å². The van der Waals surface area contributed by atoms with Crippen molar-refractivity contribution in [1.29, 1.82) is 0 Å². The van der Waals surface area contributed by atoms with Crippen LogP contribution in [0.1, 0.15) is 213 Å². The maximum atomic E-state index is 12.8. The van der Waals surface area contributed by atoms with Gasteiger partial charge in [0.1, 0.15) is 12.7 Å². The number of ether oxygens (including phenoxy) is 3. The number of rotatable bonds is 47. The van der Waals surface area contributed by atoms with Gasteiger partial charge in [-0.15, -0.1) is 0 Å². The van der Waals surface area contributed by atoms with E-state index in [1.54, 1.807) is 0 Å². The molecule has 0 saturated carbocycles. The third kappa shape index (κ3) is 46.0. The molecule has 3 atom stereocenters. The molecule has 0 aromatic rings. The van der Waals surface area contributed by atoms with Gasteiger partial charge in [-0.25, -0.2) is 4.57 Å². The molecule has 0 aromatic heterocycles. The van der Waals surface area contributed by atoms with Crippen LogP contribution in [0.3, 0.4) is 0 Å². The molecule has 380 valence electrons. The molecule has 0 aliphatic carbocycles. The van der Waals surface area contributed by atoms with Crippen LogP contribution in [0, 0.1) is 0 Å². The van der Waals surface area contributed by atoms with Gasteiger partial charge in [-0.2, -0.15) is 0 Å².